The molecular formula is C41H41BF4N7O2Pd2-. The van der Waals surface area contributed by atoms with Crippen LogP contribution in [0.5, 0.6) is 0 Å². The molecule has 2 aromatic carbocycles. The van der Waals surface area contributed by atoms with Crippen LogP contribution in [0.4, 0.5) is 28.6 Å². The molecule has 0 bridgehead atoms. The zero-order valence-electron chi connectivity index (χ0n) is 31.1. The number of halogens is 4. The maximum absolute atomic E-state index is 9.75. The van der Waals surface area contributed by atoms with Crippen molar-refractivity contribution in [3.05, 3.63) is 200 Å². The van der Waals surface area contributed by atoms with Gasteiger partial charge in [0.25, 0.3) is 5.97 Å². The first-order valence-corrected chi connectivity index (χ1v) is 16.4. The SMILES string of the molecule is CC(=O)O.C[N-]c1ccccc1-c1ccccn1.C[N-]c1ccccc1-c1ccccn1.F[B-](F)(F)F.[Pd+2].[Pd].c1ccncc1.c1ccncc1.c1ccncc1. The van der Waals surface area contributed by atoms with Gasteiger partial charge in [0.05, 0.1) is 11.4 Å². The summed E-state index contributed by atoms with van der Waals surface area (Å²) in [6, 6.07) is 44.9. The minimum absolute atomic E-state index is 0. The van der Waals surface area contributed by atoms with Crippen LogP contribution in [0.2, 0.25) is 0 Å². The van der Waals surface area contributed by atoms with Gasteiger partial charge >= 0.3 is 27.7 Å². The average molecular weight is 963 g/mol. The molecule has 0 unspecified atom stereocenters. The number of carboxylic acid groups (broad SMARTS) is 1. The van der Waals surface area contributed by atoms with Gasteiger partial charge in [0.1, 0.15) is 0 Å². The van der Waals surface area contributed by atoms with E-state index in [9.17, 15) is 17.3 Å². The van der Waals surface area contributed by atoms with Crippen molar-refractivity contribution in [3.8, 4) is 22.5 Å². The summed E-state index contributed by atoms with van der Waals surface area (Å²) in [5, 5.41) is 15.8. The molecule has 1 N–H and O–H groups in total. The number of nitrogens with zero attached hydrogens (tertiary/aromatic N) is 7. The molecule has 57 heavy (non-hydrogen) atoms. The fourth-order valence-electron chi connectivity index (χ4n) is 3.75. The van der Waals surface area contributed by atoms with Gasteiger partial charge in [0, 0.05) is 76.9 Å². The van der Waals surface area contributed by atoms with Gasteiger partial charge in [0.2, 0.25) is 0 Å². The Labute approximate surface area is 358 Å². The van der Waals surface area contributed by atoms with Gasteiger partial charge in [-0.25, -0.2) is 0 Å². The Morgan fingerprint density at radius 1 is 0.491 bits per heavy atom. The molecule has 0 radical (unpaired) electrons. The van der Waals surface area contributed by atoms with Crippen LogP contribution in [0.1, 0.15) is 6.92 Å². The molecule has 0 amide bonds. The second-order valence-electron chi connectivity index (χ2n) is 10.00. The quantitative estimate of drug-likeness (QED) is 0.137. The van der Waals surface area contributed by atoms with Crippen molar-refractivity contribution in [2.24, 2.45) is 0 Å². The summed E-state index contributed by atoms with van der Waals surface area (Å²) in [6.07, 6.45) is 14.1. The summed E-state index contributed by atoms with van der Waals surface area (Å²) >= 11 is 0. The van der Waals surface area contributed by atoms with Crippen molar-refractivity contribution in [2.75, 3.05) is 14.1 Å². The number of pyridine rings is 5. The minimum Gasteiger partial charge on any atom is -0.686 e. The molecule has 0 atom stereocenters. The van der Waals surface area contributed by atoms with Gasteiger partial charge in [-0.3, -0.25) is 29.7 Å². The van der Waals surface area contributed by atoms with E-state index in [1.54, 1.807) is 63.7 Å². The van der Waals surface area contributed by atoms with Crippen molar-refractivity contribution >= 4 is 24.6 Å². The first-order chi connectivity index (χ1) is 26.6. The molecular weight excluding hydrogens is 922 g/mol. The molecule has 5 heterocycles. The van der Waals surface area contributed by atoms with Crippen molar-refractivity contribution in [3.63, 3.8) is 0 Å². The van der Waals surface area contributed by atoms with Crippen LogP contribution < -0.4 is 0 Å². The van der Waals surface area contributed by atoms with Crippen molar-refractivity contribution < 1.29 is 68.0 Å². The van der Waals surface area contributed by atoms with Crippen molar-refractivity contribution in [2.45, 2.75) is 6.92 Å². The van der Waals surface area contributed by atoms with E-state index < -0.39 is 13.2 Å². The van der Waals surface area contributed by atoms with Crippen molar-refractivity contribution in [1.82, 2.24) is 24.9 Å². The van der Waals surface area contributed by atoms with Gasteiger partial charge in [-0.15, -0.1) is 25.5 Å². The van der Waals surface area contributed by atoms with Crippen LogP contribution in [-0.2, 0) is 45.6 Å². The van der Waals surface area contributed by atoms with E-state index in [0.717, 1.165) is 40.8 Å². The number of aromatic nitrogens is 5. The maximum atomic E-state index is 9.75. The summed E-state index contributed by atoms with van der Waals surface area (Å²) in [5.41, 5.74) is 6.05. The first kappa shape index (κ1) is 53.5. The number of hydrogen-bond donors (Lipinski definition) is 1. The van der Waals surface area contributed by atoms with E-state index in [0.29, 0.717) is 0 Å². The minimum atomic E-state index is -6.00. The molecule has 304 valence electrons. The zero-order chi connectivity index (χ0) is 40.4. The Morgan fingerprint density at radius 3 is 0.930 bits per heavy atom. The third-order valence-electron chi connectivity index (χ3n) is 5.87. The summed E-state index contributed by atoms with van der Waals surface area (Å²) in [7, 11) is -2.41. The monoisotopic (exact) mass is 962 g/mol. The smallest absolute Gasteiger partial charge is 0.686 e. The molecule has 0 aliphatic heterocycles. The predicted octanol–water partition coefficient (Wildman–Crippen LogP) is 11.4. The molecule has 9 nitrogen and oxygen atoms in total. The molecule has 0 saturated carbocycles. The number of rotatable bonds is 4. The second kappa shape index (κ2) is 34.8. The predicted molar refractivity (Wildman–Crippen MR) is 213 cm³/mol. The first-order valence-electron chi connectivity index (χ1n) is 16.4. The Bertz CT molecular complexity index is 1690. The van der Waals surface area contributed by atoms with Crippen LogP contribution in [-0.4, -0.2) is 57.3 Å². The van der Waals surface area contributed by atoms with Crippen LogP contribution in [0, 0.1) is 0 Å². The van der Waals surface area contributed by atoms with Gasteiger partial charge < -0.3 is 33.0 Å². The Hall–Kier alpha value is -5.63. The largest absolute Gasteiger partial charge is 2.00 e. The van der Waals surface area contributed by atoms with E-state index >= 15 is 0 Å². The van der Waals surface area contributed by atoms with Gasteiger partial charge in [-0.1, -0.05) is 78.9 Å². The van der Waals surface area contributed by atoms with E-state index in [2.05, 4.69) is 35.6 Å². The van der Waals surface area contributed by atoms with E-state index in [-0.39, 0.29) is 40.8 Å². The Morgan fingerprint density at radius 2 is 0.737 bits per heavy atom. The number of hydrogen-bond acceptors (Lipinski definition) is 6. The number of benzene rings is 2. The molecule has 0 saturated heterocycles. The Balaban J connectivity index is 0. The summed E-state index contributed by atoms with van der Waals surface area (Å²) in [6.45, 7) is 1.08. The fraction of sp³-hybridized carbons (Fsp3) is 0.0732. The van der Waals surface area contributed by atoms with E-state index in [1.165, 1.54) is 0 Å². The number of carboxylic acids is 1. The number of carbonyl (C=O) groups is 1. The summed E-state index contributed by atoms with van der Waals surface area (Å²) in [4.78, 5) is 28.9. The summed E-state index contributed by atoms with van der Waals surface area (Å²) in [5.74, 6) is -0.833. The molecule has 7 rings (SSSR count). The number of para-hydroxylation sites is 2. The third-order valence-corrected chi connectivity index (χ3v) is 5.87. The van der Waals surface area contributed by atoms with Crippen LogP contribution >= 0.6 is 0 Å². The molecule has 5 aromatic heterocycles. The van der Waals surface area contributed by atoms with Crippen LogP contribution in [0.15, 0.2) is 189 Å². The van der Waals surface area contributed by atoms with Crippen LogP contribution in [0.25, 0.3) is 33.1 Å². The Kier molecular flexibility index (Phi) is 32.7. The molecule has 0 aliphatic rings. The topological polar surface area (TPSA) is 130 Å². The molecule has 0 fully saturated rings. The third kappa shape index (κ3) is 30.3. The summed E-state index contributed by atoms with van der Waals surface area (Å²) < 4.78 is 39.0. The standard InChI is InChI=1S/2C12H11N2.3C5H5N.C2H4O2.BF4.2Pd/c2*1-13-11-7-3-2-6-10(11)12-8-4-5-9-14-12;3*1-2-4-6-5-3-1;1-2(3)4;2-1(3,4)5;;/h2*2-9H,1H3;3*1-5H;1H3,(H,3,4);;;/q2*-1;;;;;-1;;+2. The fourth-order valence-corrected chi connectivity index (χ4v) is 3.75. The molecule has 0 spiro atoms. The normalized spacial score (nSPS) is 8.82. The van der Waals surface area contributed by atoms with Gasteiger partial charge in [-0.2, -0.15) is 0 Å². The number of aliphatic carboxylic acids is 1. The van der Waals surface area contributed by atoms with E-state index in [4.69, 9.17) is 9.90 Å². The van der Waals surface area contributed by atoms with Gasteiger partial charge in [-0.05, 0) is 71.8 Å². The molecule has 16 heteroatoms. The second-order valence-corrected chi connectivity index (χ2v) is 10.00. The maximum Gasteiger partial charge on any atom is 2.00 e. The average Bonchev–Trinajstić information content (AvgIpc) is 3.23. The van der Waals surface area contributed by atoms with E-state index in [1.807, 2.05) is 140 Å². The van der Waals surface area contributed by atoms with Gasteiger partial charge in [0.15, 0.2) is 0 Å². The zero-order valence-corrected chi connectivity index (χ0v) is 34.2. The molecule has 0 aliphatic carbocycles. The molecule has 7 aromatic rings. The van der Waals surface area contributed by atoms with Crippen LogP contribution in [0.3, 0.4) is 0 Å². The van der Waals surface area contributed by atoms with Crippen molar-refractivity contribution in [1.29, 1.82) is 0 Å².